The van der Waals surface area contributed by atoms with Crippen molar-refractivity contribution in [2.24, 2.45) is 0 Å². The number of anilines is 1. The van der Waals surface area contributed by atoms with Gasteiger partial charge in [-0.3, -0.25) is 10.1 Å². The summed E-state index contributed by atoms with van der Waals surface area (Å²) in [7, 11) is 1.57. The minimum Gasteiger partial charge on any atom is -0.497 e. The number of halogens is 2. The van der Waals surface area contributed by atoms with E-state index in [1.54, 1.807) is 64.3 Å². The molecule has 0 aliphatic carbocycles. The number of hydrogen-bond acceptors (Lipinski definition) is 5. The van der Waals surface area contributed by atoms with Crippen molar-refractivity contribution >= 4 is 50.6 Å². The van der Waals surface area contributed by atoms with Gasteiger partial charge in [0.05, 0.1) is 7.11 Å². The molecular weight excluding hydrogens is 480 g/mol. The number of nitrogens with zero attached hydrogens (tertiary/aromatic N) is 1. The fraction of sp³-hybridized carbons (Fsp3) is 0.316. The van der Waals surface area contributed by atoms with Crippen molar-refractivity contribution in [2.75, 3.05) is 12.4 Å². The van der Waals surface area contributed by atoms with Crippen LogP contribution in [0.15, 0.2) is 42.6 Å². The number of aromatic nitrogens is 1. The highest BCUT2D eigenvalue weighted by molar-refractivity contribution is 9.09. The molecule has 146 valence electrons. The summed E-state index contributed by atoms with van der Waals surface area (Å²) in [6.07, 6.45) is 0.923. The largest absolute Gasteiger partial charge is 0.497 e. The number of ether oxygens (including phenoxy) is 2. The predicted molar refractivity (Wildman–Crippen MR) is 113 cm³/mol. The first-order chi connectivity index (χ1) is 12.2. The molecule has 1 N–H and O–H groups in total. The topological polar surface area (TPSA) is 77.5 Å². The summed E-state index contributed by atoms with van der Waals surface area (Å²) < 4.78 is 10.3. The Morgan fingerprint density at radius 1 is 1.15 bits per heavy atom. The summed E-state index contributed by atoms with van der Waals surface area (Å²) in [6.45, 7) is 5.33. The molecule has 1 aromatic heterocycles. The second kappa shape index (κ2) is 9.85. The van der Waals surface area contributed by atoms with Crippen LogP contribution in [0.25, 0.3) is 0 Å². The van der Waals surface area contributed by atoms with E-state index in [0.29, 0.717) is 22.7 Å². The van der Waals surface area contributed by atoms with Gasteiger partial charge in [-0.15, -0.1) is 17.0 Å². The molecule has 1 aromatic carbocycles. The van der Waals surface area contributed by atoms with Crippen molar-refractivity contribution in [1.82, 2.24) is 4.98 Å². The normalized spacial score (nSPS) is 11.7. The number of benzene rings is 1. The van der Waals surface area contributed by atoms with Crippen molar-refractivity contribution < 1.29 is 19.1 Å². The third kappa shape index (κ3) is 6.95. The molecule has 0 aliphatic rings. The standard InChI is InChI=1S/C19H21BrN2O4.BrH/c1-19(2,3)26-18(24)22-15-11-13(9-10-21-15)16(20)17(23)12-5-7-14(25-4)8-6-12;/h5-11,16H,1-4H3,(H,21,22,24);1H. The van der Waals surface area contributed by atoms with Gasteiger partial charge in [-0.25, -0.2) is 9.78 Å². The van der Waals surface area contributed by atoms with Crippen LogP contribution in [-0.4, -0.2) is 29.6 Å². The lowest BCUT2D eigenvalue weighted by Gasteiger charge is -2.19. The van der Waals surface area contributed by atoms with Crippen LogP contribution in [0.1, 0.15) is 41.5 Å². The Bertz CT molecular complexity index is 789. The fourth-order valence-electron chi connectivity index (χ4n) is 2.13. The molecule has 0 saturated carbocycles. The van der Waals surface area contributed by atoms with Crippen LogP contribution < -0.4 is 10.1 Å². The maximum absolute atomic E-state index is 12.6. The van der Waals surface area contributed by atoms with Crippen molar-refractivity contribution in [3.8, 4) is 5.75 Å². The van der Waals surface area contributed by atoms with Gasteiger partial charge < -0.3 is 9.47 Å². The van der Waals surface area contributed by atoms with Gasteiger partial charge in [-0.05, 0) is 62.7 Å². The van der Waals surface area contributed by atoms with Crippen LogP contribution in [0.2, 0.25) is 0 Å². The number of hydrogen-bond donors (Lipinski definition) is 1. The Morgan fingerprint density at radius 3 is 2.33 bits per heavy atom. The molecule has 1 heterocycles. The molecular formula is C19H22Br2N2O4. The molecule has 8 heteroatoms. The lowest BCUT2D eigenvalue weighted by molar-refractivity contribution is 0.0635. The van der Waals surface area contributed by atoms with E-state index in [0.717, 1.165) is 0 Å². The van der Waals surface area contributed by atoms with E-state index in [1.807, 2.05) is 0 Å². The highest BCUT2D eigenvalue weighted by atomic mass is 79.9. The predicted octanol–water partition coefficient (Wildman–Crippen LogP) is 5.33. The average molecular weight is 502 g/mol. The van der Waals surface area contributed by atoms with Gasteiger partial charge in [0.25, 0.3) is 0 Å². The molecule has 1 amide bonds. The van der Waals surface area contributed by atoms with Crippen molar-refractivity contribution in [1.29, 1.82) is 0 Å². The van der Waals surface area contributed by atoms with Crippen molar-refractivity contribution in [3.05, 3.63) is 53.7 Å². The molecule has 1 atom stereocenters. The van der Waals surface area contributed by atoms with Gasteiger partial charge in [0.1, 0.15) is 22.0 Å². The number of carbonyl (C=O) groups is 2. The molecule has 2 rings (SSSR count). The van der Waals surface area contributed by atoms with Crippen molar-refractivity contribution in [3.63, 3.8) is 0 Å². The van der Waals surface area contributed by atoms with Crippen LogP contribution in [0.3, 0.4) is 0 Å². The number of Topliss-reactive ketones (excluding diaryl/α,β-unsaturated/α-hetero) is 1. The second-order valence-corrected chi connectivity index (χ2v) is 7.47. The van der Waals surface area contributed by atoms with Crippen LogP contribution in [0, 0.1) is 0 Å². The van der Waals surface area contributed by atoms with Gasteiger partial charge in [0, 0.05) is 11.8 Å². The Morgan fingerprint density at radius 2 is 1.78 bits per heavy atom. The lowest BCUT2D eigenvalue weighted by Crippen LogP contribution is -2.27. The molecule has 0 bridgehead atoms. The molecule has 0 radical (unpaired) electrons. The first kappa shape index (κ1) is 23.1. The van der Waals surface area contributed by atoms with Gasteiger partial charge in [-0.1, -0.05) is 15.9 Å². The van der Waals surface area contributed by atoms with E-state index in [2.05, 4.69) is 26.2 Å². The molecule has 0 aliphatic heterocycles. The number of alkyl halides is 1. The maximum atomic E-state index is 12.6. The van der Waals surface area contributed by atoms with Crippen LogP contribution in [-0.2, 0) is 4.74 Å². The summed E-state index contributed by atoms with van der Waals surface area (Å²) in [4.78, 5) is 28.0. The van der Waals surface area contributed by atoms with Crippen LogP contribution >= 0.6 is 32.9 Å². The van der Waals surface area contributed by atoms with Crippen molar-refractivity contribution in [2.45, 2.75) is 31.2 Å². The molecule has 2 aromatic rings. The Labute approximate surface area is 177 Å². The summed E-state index contributed by atoms with van der Waals surface area (Å²) in [5, 5.41) is 2.57. The van der Waals surface area contributed by atoms with E-state index in [4.69, 9.17) is 9.47 Å². The summed E-state index contributed by atoms with van der Waals surface area (Å²) in [5.74, 6) is 0.881. The van der Waals surface area contributed by atoms with Gasteiger partial charge in [0.15, 0.2) is 5.78 Å². The third-order valence-corrected chi connectivity index (χ3v) is 4.25. The SMILES string of the molecule is Br.COc1ccc(C(=O)C(Br)c2ccnc(NC(=O)OC(C)(C)C)c2)cc1. The number of methoxy groups -OCH3 is 1. The van der Waals surface area contributed by atoms with E-state index in [-0.39, 0.29) is 22.8 Å². The minimum absolute atomic E-state index is 0. The Hall–Kier alpha value is -1.93. The van der Waals surface area contributed by atoms with Gasteiger partial charge >= 0.3 is 6.09 Å². The zero-order chi connectivity index (χ0) is 19.3. The second-order valence-electron chi connectivity index (χ2n) is 6.56. The zero-order valence-electron chi connectivity index (χ0n) is 15.5. The van der Waals surface area contributed by atoms with E-state index in [9.17, 15) is 9.59 Å². The third-order valence-electron chi connectivity index (χ3n) is 3.31. The first-order valence-electron chi connectivity index (χ1n) is 7.98. The Kier molecular flexibility index (Phi) is 8.43. The van der Waals surface area contributed by atoms with Crippen LogP contribution in [0.4, 0.5) is 10.6 Å². The number of carbonyl (C=O) groups excluding carboxylic acids is 2. The lowest BCUT2D eigenvalue weighted by atomic mass is 10.0. The smallest absolute Gasteiger partial charge is 0.413 e. The molecule has 1 unspecified atom stereocenters. The average Bonchev–Trinajstić information content (AvgIpc) is 2.59. The highest BCUT2D eigenvalue weighted by Crippen LogP contribution is 2.29. The molecule has 6 nitrogen and oxygen atoms in total. The molecule has 0 fully saturated rings. The summed E-state index contributed by atoms with van der Waals surface area (Å²) >= 11 is 3.42. The van der Waals surface area contributed by atoms with Gasteiger partial charge in [-0.2, -0.15) is 0 Å². The van der Waals surface area contributed by atoms with E-state index >= 15 is 0 Å². The zero-order valence-corrected chi connectivity index (χ0v) is 18.8. The fourth-order valence-corrected chi connectivity index (χ4v) is 2.68. The quantitative estimate of drug-likeness (QED) is 0.442. The molecule has 0 spiro atoms. The molecule has 27 heavy (non-hydrogen) atoms. The first-order valence-corrected chi connectivity index (χ1v) is 8.89. The number of amides is 1. The Balaban J connectivity index is 0.00000364. The number of ketones is 1. The summed E-state index contributed by atoms with van der Waals surface area (Å²) in [6, 6.07) is 10.2. The van der Waals surface area contributed by atoms with Crippen LogP contribution in [0.5, 0.6) is 5.75 Å². The summed E-state index contributed by atoms with van der Waals surface area (Å²) in [5.41, 5.74) is 0.613. The monoisotopic (exact) mass is 500 g/mol. The number of nitrogens with one attached hydrogen (secondary N) is 1. The highest BCUT2D eigenvalue weighted by Gasteiger charge is 2.21. The maximum Gasteiger partial charge on any atom is 0.413 e. The number of rotatable bonds is 5. The molecule has 0 saturated heterocycles. The van der Waals surface area contributed by atoms with Gasteiger partial charge in [0.2, 0.25) is 0 Å². The van der Waals surface area contributed by atoms with E-state index in [1.165, 1.54) is 6.20 Å². The van der Waals surface area contributed by atoms with E-state index < -0.39 is 16.5 Å². The number of pyridine rings is 1. The minimum atomic E-state index is -0.607.